The summed E-state index contributed by atoms with van der Waals surface area (Å²) >= 11 is 0. The van der Waals surface area contributed by atoms with Gasteiger partial charge in [-0.15, -0.1) is 0 Å². The van der Waals surface area contributed by atoms with Crippen molar-refractivity contribution in [1.82, 2.24) is 10.2 Å². The van der Waals surface area contributed by atoms with E-state index in [1.54, 1.807) is 12.1 Å². The molecule has 0 aliphatic carbocycles. The van der Waals surface area contributed by atoms with Crippen LogP contribution >= 0.6 is 0 Å². The van der Waals surface area contributed by atoms with Gasteiger partial charge in [-0.05, 0) is 49.8 Å². The molecule has 0 unspecified atom stereocenters. The van der Waals surface area contributed by atoms with Gasteiger partial charge in [-0.25, -0.2) is 8.42 Å². The Morgan fingerprint density at radius 1 is 0.944 bits per heavy atom. The molecule has 0 spiro atoms. The second-order valence-corrected chi connectivity index (χ2v) is 11.6. The molecule has 8 heteroatoms. The molecule has 2 rings (SSSR count). The maximum Gasteiger partial charge on any atom is 0.244 e. The van der Waals surface area contributed by atoms with Gasteiger partial charge >= 0.3 is 0 Å². The van der Waals surface area contributed by atoms with Crippen LogP contribution in [-0.2, 0) is 26.2 Å². The summed E-state index contributed by atoms with van der Waals surface area (Å²) in [5, 5.41) is 2.99. The number of rotatable bonds is 12. The smallest absolute Gasteiger partial charge is 0.244 e. The van der Waals surface area contributed by atoms with Gasteiger partial charge in [0, 0.05) is 12.6 Å². The van der Waals surface area contributed by atoms with Crippen LogP contribution in [0.4, 0.5) is 5.69 Å². The van der Waals surface area contributed by atoms with Crippen molar-refractivity contribution in [3.05, 3.63) is 65.2 Å². The van der Waals surface area contributed by atoms with Crippen LogP contribution in [0.25, 0.3) is 0 Å². The standard InChI is InChI=1S/C28H41N3O4S/c1-8-22(6)29-28(33)25(9-2)30(18-23-16-14-21(5)15-17-23)27(32)19-31(36(7,34)35)26-13-11-10-12-24(26)20(3)4/h10-17,20,22,25H,8-9,18-19H2,1-7H3,(H,29,33)/t22-,25+/m0/s1. The summed E-state index contributed by atoms with van der Waals surface area (Å²) < 4.78 is 26.9. The van der Waals surface area contributed by atoms with Crippen LogP contribution in [0.2, 0.25) is 0 Å². The van der Waals surface area contributed by atoms with Crippen LogP contribution < -0.4 is 9.62 Å². The van der Waals surface area contributed by atoms with Gasteiger partial charge in [-0.2, -0.15) is 0 Å². The second kappa shape index (κ2) is 12.9. The van der Waals surface area contributed by atoms with E-state index in [9.17, 15) is 18.0 Å². The lowest BCUT2D eigenvalue weighted by Crippen LogP contribution is -2.53. The summed E-state index contributed by atoms with van der Waals surface area (Å²) in [4.78, 5) is 28.5. The Labute approximate surface area is 216 Å². The van der Waals surface area contributed by atoms with Gasteiger partial charge in [0.25, 0.3) is 0 Å². The summed E-state index contributed by atoms with van der Waals surface area (Å²) in [5.74, 6) is -0.597. The number of para-hydroxylation sites is 1. The van der Waals surface area contributed by atoms with E-state index in [0.29, 0.717) is 12.1 Å². The van der Waals surface area contributed by atoms with Gasteiger partial charge in [-0.3, -0.25) is 13.9 Å². The summed E-state index contributed by atoms with van der Waals surface area (Å²) in [6, 6.07) is 14.2. The monoisotopic (exact) mass is 515 g/mol. The van der Waals surface area contributed by atoms with Crippen molar-refractivity contribution < 1.29 is 18.0 Å². The number of carbonyl (C=O) groups is 2. The molecule has 7 nitrogen and oxygen atoms in total. The lowest BCUT2D eigenvalue weighted by atomic mass is 10.0. The van der Waals surface area contributed by atoms with Gasteiger partial charge < -0.3 is 10.2 Å². The van der Waals surface area contributed by atoms with Crippen molar-refractivity contribution >= 4 is 27.5 Å². The van der Waals surface area contributed by atoms with Crippen molar-refractivity contribution in [2.45, 2.75) is 78.9 Å². The molecule has 198 valence electrons. The zero-order valence-corrected chi connectivity index (χ0v) is 23.4. The largest absolute Gasteiger partial charge is 0.352 e. The van der Waals surface area contributed by atoms with Crippen LogP contribution in [0.1, 0.15) is 70.1 Å². The fourth-order valence-electron chi connectivity index (χ4n) is 4.05. The molecule has 0 radical (unpaired) electrons. The number of hydrogen-bond acceptors (Lipinski definition) is 4. The Kier molecular flexibility index (Phi) is 10.5. The fourth-order valence-corrected chi connectivity index (χ4v) is 4.92. The Hall–Kier alpha value is -2.87. The van der Waals surface area contributed by atoms with E-state index >= 15 is 0 Å². The summed E-state index contributed by atoms with van der Waals surface area (Å²) in [5.41, 5.74) is 3.28. The normalized spacial score (nSPS) is 13.2. The summed E-state index contributed by atoms with van der Waals surface area (Å²) in [7, 11) is -3.77. The zero-order chi connectivity index (χ0) is 27.0. The maximum absolute atomic E-state index is 13.8. The van der Waals surface area contributed by atoms with E-state index in [2.05, 4.69) is 5.32 Å². The zero-order valence-electron chi connectivity index (χ0n) is 22.6. The third-order valence-corrected chi connectivity index (χ3v) is 7.49. The molecule has 0 aliphatic rings. The highest BCUT2D eigenvalue weighted by atomic mass is 32.2. The average Bonchev–Trinajstić information content (AvgIpc) is 2.82. The first kappa shape index (κ1) is 29.4. The molecular weight excluding hydrogens is 474 g/mol. The minimum absolute atomic E-state index is 0.0340. The minimum atomic E-state index is -3.77. The first-order valence-electron chi connectivity index (χ1n) is 12.6. The Morgan fingerprint density at radius 3 is 2.08 bits per heavy atom. The van der Waals surface area contributed by atoms with Gasteiger partial charge in [0.15, 0.2) is 0 Å². The highest BCUT2D eigenvalue weighted by Crippen LogP contribution is 2.29. The van der Waals surface area contributed by atoms with E-state index in [0.717, 1.165) is 33.7 Å². The molecule has 2 aromatic carbocycles. The first-order chi connectivity index (χ1) is 16.9. The lowest BCUT2D eigenvalue weighted by Gasteiger charge is -2.34. The van der Waals surface area contributed by atoms with Gasteiger partial charge in [-0.1, -0.05) is 75.7 Å². The van der Waals surface area contributed by atoms with E-state index < -0.39 is 22.0 Å². The second-order valence-electron chi connectivity index (χ2n) is 9.73. The summed E-state index contributed by atoms with van der Waals surface area (Å²) in [6.45, 7) is 11.5. The molecule has 0 bridgehead atoms. The number of aryl methyl sites for hydroxylation is 1. The van der Waals surface area contributed by atoms with Crippen molar-refractivity contribution in [3.8, 4) is 0 Å². The lowest BCUT2D eigenvalue weighted by molar-refractivity contribution is -0.140. The predicted octanol–water partition coefficient (Wildman–Crippen LogP) is 4.61. The van der Waals surface area contributed by atoms with Crippen LogP contribution in [0.15, 0.2) is 48.5 Å². The van der Waals surface area contributed by atoms with E-state index in [1.165, 1.54) is 4.90 Å². The molecule has 36 heavy (non-hydrogen) atoms. The Morgan fingerprint density at radius 2 is 1.56 bits per heavy atom. The number of carbonyl (C=O) groups excluding carboxylic acids is 2. The van der Waals surface area contributed by atoms with Crippen LogP contribution in [0.3, 0.4) is 0 Å². The first-order valence-corrected chi connectivity index (χ1v) is 14.5. The third kappa shape index (κ3) is 7.82. The number of anilines is 1. The average molecular weight is 516 g/mol. The Balaban J connectivity index is 2.49. The molecule has 1 N–H and O–H groups in total. The number of benzene rings is 2. The van der Waals surface area contributed by atoms with E-state index in [1.807, 2.05) is 77.9 Å². The van der Waals surface area contributed by atoms with Gasteiger partial charge in [0.05, 0.1) is 11.9 Å². The number of nitrogens with zero attached hydrogens (tertiary/aromatic N) is 2. The molecule has 2 amide bonds. The molecule has 0 heterocycles. The number of nitrogens with one attached hydrogen (secondary N) is 1. The van der Waals surface area contributed by atoms with Gasteiger partial charge in [0.1, 0.15) is 12.6 Å². The fraction of sp³-hybridized carbons (Fsp3) is 0.500. The van der Waals surface area contributed by atoms with E-state index in [-0.39, 0.29) is 31.0 Å². The molecule has 0 aromatic heterocycles. The van der Waals surface area contributed by atoms with Crippen LogP contribution in [-0.4, -0.2) is 50.0 Å². The third-order valence-electron chi connectivity index (χ3n) is 6.37. The maximum atomic E-state index is 13.8. The van der Waals surface area contributed by atoms with Crippen molar-refractivity contribution in [2.75, 3.05) is 17.1 Å². The number of amides is 2. The molecule has 2 aromatic rings. The Bertz CT molecular complexity index is 1130. The SMILES string of the molecule is CC[C@H](C(=O)N[C@@H](C)CC)N(Cc1ccc(C)cc1)C(=O)CN(c1ccccc1C(C)C)S(C)(=O)=O. The van der Waals surface area contributed by atoms with Gasteiger partial charge in [0.2, 0.25) is 21.8 Å². The number of sulfonamides is 1. The van der Waals surface area contributed by atoms with Crippen LogP contribution in [0.5, 0.6) is 0 Å². The molecule has 2 atom stereocenters. The minimum Gasteiger partial charge on any atom is -0.352 e. The highest BCUT2D eigenvalue weighted by Gasteiger charge is 2.32. The predicted molar refractivity (Wildman–Crippen MR) is 146 cm³/mol. The number of hydrogen-bond donors (Lipinski definition) is 1. The van der Waals surface area contributed by atoms with E-state index in [4.69, 9.17) is 0 Å². The quantitative estimate of drug-likeness (QED) is 0.447. The molecular formula is C28H41N3O4S. The molecule has 0 saturated carbocycles. The highest BCUT2D eigenvalue weighted by molar-refractivity contribution is 7.92. The molecule has 0 saturated heterocycles. The molecule has 0 fully saturated rings. The van der Waals surface area contributed by atoms with Crippen LogP contribution in [0, 0.1) is 6.92 Å². The summed E-state index contributed by atoms with van der Waals surface area (Å²) in [6.07, 6.45) is 2.28. The molecule has 0 aliphatic heterocycles. The topological polar surface area (TPSA) is 86.8 Å². The van der Waals surface area contributed by atoms with Crippen molar-refractivity contribution in [2.24, 2.45) is 0 Å². The van der Waals surface area contributed by atoms with Crippen molar-refractivity contribution in [1.29, 1.82) is 0 Å². The van der Waals surface area contributed by atoms with Crippen molar-refractivity contribution in [3.63, 3.8) is 0 Å².